The van der Waals surface area contributed by atoms with Crippen LogP contribution in [0.2, 0.25) is 0 Å². The second-order valence-electron chi connectivity index (χ2n) is 4.88. The van der Waals surface area contributed by atoms with Gasteiger partial charge < -0.3 is 10.1 Å². The molecule has 0 saturated heterocycles. The van der Waals surface area contributed by atoms with Crippen LogP contribution in [0, 0.1) is 0 Å². The maximum absolute atomic E-state index is 12.1. The molecule has 1 aromatic heterocycles. The predicted octanol–water partition coefficient (Wildman–Crippen LogP) is 4.03. The van der Waals surface area contributed by atoms with E-state index in [0.717, 1.165) is 16.2 Å². The Morgan fingerprint density at radius 1 is 1.15 bits per heavy atom. The molecule has 1 N–H and O–H groups in total. The van der Waals surface area contributed by atoms with E-state index in [9.17, 15) is 4.79 Å². The van der Waals surface area contributed by atoms with Gasteiger partial charge in [-0.25, -0.2) is 0 Å². The van der Waals surface area contributed by atoms with E-state index in [1.54, 1.807) is 0 Å². The van der Waals surface area contributed by atoms with Gasteiger partial charge in [-0.05, 0) is 38.3 Å². The van der Waals surface area contributed by atoms with Gasteiger partial charge in [0.25, 0.3) is 5.91 Å². The van der Waals surface area contributed by atoms with Crippen molar-refractivity contribution in [3.8, 4) is 5.75 Å². The second-order valence-corrected chi connectivity index (χ2v) is 5.82. The van der Waals surface area contributed by atoms with Crippen LogP contribution in [0.3, 0.4) is 0 Å². The van der Waals surface area contributed by atoms with Gasteiger partial charge in [0, 0.05) is 5.56 Å². The maximum atomic E-state index is 12.1. The molecule has 0 aliphatic carbocycles. The van der Waals surface area contributed by atoms with Gasteiger partial charge in [-0.3, -0.25) is 4.79 Å². The average molecular weight is 289 g/mol. The zero-order valence-corrected chi connectivity index (χ0v) is 12.7. The number of carbonyl (C=O) groups excluding carboxylic acids is 1. The largest absolute Gasteiger partial charge is 0.491 e. The summed E-state index contributed by atoms with van der Waals surface area (Å²) >= 11 is 1.44. The Labute approximate surface area is 123 Å². The quantitative estimate of drug-likeness (QED) is 0.902. The molecule has 106 valence electrons. The van der Waals surface area contributed by atoms with Crippen molar-refractivity contribution < 1.29 is 9.53 Å². The van der Waals surface area contributed by atoms with Crippen molar-refractivity contribution in [2.45, 2.75) is 32.9 Å². The van der Waals surface area contributed by atoms with Crippen LogP contribution < -0.4 is 10.1 Å². The van der Waals surface area contributed by atoms with E-state index in [1.165, 1.54) is 11.3 Å². The van der Waals surface area contributed by atoms with Crippen molar-refractivity contribution in [3.63, 3.8) is 0 Å². The molecule has 2 rings (SSSR count). The second kappa shape index (κ2) is 6.57. The number of para-hydroxylation sites is 1. The van der Waals surface area contributed by atoms with Crippen molar-refractivity contribution in [2.24, 2.45) is 0 Å². The standard InChI is InChI=1S/C16H19NO2S/c1-11(2)19-14-8-5-4-7-13(14)12(3)17-16(18)15-9-6-10-20-15/h4-12H,1-3H3,(H,17,18)/t12-/m1/s1. The highest BCUT2D eigenvalue weighted by molar-refractivity contribution is 7.12. The van der Waals surface area contributed by atoms with E-state index in [4.69, 9.17) is 4.74 Å². The van der Waals surface area contributed by atoms with Crippen molar-refractivity contribution >= 4 is 17.2 Å². The zero-order chi connectivity index (χ0) is 14.5. The minimum Gasteiger partial charge on any atom is -0.491 e. The molecule has 1 atom stereocenters. The fourth-order valence-corrected chi connectivity index (χ4v) is 2.58. The molecule has 20 heavy (non-hydrogen) atoms. The highest BCUT2D eigenvalue weighted by Crippen LogP contribution is 2.26. The number of rotatable bonds is 5. The summed E-state index contributed by atoms with van der Waals surface area (Å²) in [4.78, 5) is 12.8. The molecule has 0 spiro atoms. The minimum atomic E-state index is -0.0976. The maximum Gasteiger partial charge on any atom is 0.261 e. The van der Waals surface area contributed by atoms with Gasteiger partial charge in [0.2, 0.25) is 0 Å². The van der Waals surface area contributed by atoms with Gasteiger partial charge in [-0.1, -0.05) is 24.3 Å². The van der Waals surface area contributed by atoms with Gasteiger partial charge in [0.05, 0.1) is 17.0 Å². The zero-order valence-electron chi connectivity index (χ0n) is 11.9. The summed E-state index contributed by atoms with van der Waals surface area (Å²) in [5, 5.41) is 4.90. The molecule has 0 aliphatic rings. The van der Waals surface area contributed by atoms with E-state index >= 15 is 0 Å². The molecule has 0 radical (unpaired) electrons. The Morgan fingerprint density at radius 3 is 2.55 bits per heavy atom. The van der Waals surface area contributed by atoms with Gasteiger partial charge in [-0.2, -0.15) is 0 Å². The highest BCUT2D eigenvalue weighted by Gasteiger charge is 2.16. The number of amides is 1. The monoisotopic (exact) mass is 289 g/mol. The van der Waals surface area contributed by atoms with Crippen LogP contribution in [0.5, 0.6) is 5.75 Å². The van der Waals surface area contributed by atoms with Crippen LogP contribution in [0.1, 0.15) is 42.0 Å². The third kappa shape index (κ3) is 3.61. The van der Waals surface area contributed by atoms with Crippen LogP contribution in [-0.2, 0) is 0 Å². The van der Waals surface area contributed by atoms with Crippen molar-refractivity contribution in [3.05, 3.63) is 52.2 Å². The molecule has 0 unspecified atom stereocenters. The summed E-state index contributed by atoms with van der Waals surface area (Å²) in [5.74, 6) is 0.772. The Morgan fingerprint density at radius 2 is 1.90 bits per heavy atom. The Hall–Kier alpha value is -1.81. The van der Waals surface area contributed by atoms with Gasteiger partial charge >= 0.3 is 0 Å². The molecule has 1 amide bonds. The summed E-state index contributed by atoms with van der Waals surface area (Å²) in [6.45, 7) is 5.95. The number of nitrogens with one attached hydrogen (secondary N) is 1. The summed E-state index contributed by atoms with van der Waals surface area (Å²) in [5.41, 5.74) is 0.992. The minimum absolute atomic E-state index is 0.0492. The fourth-order valence-electron chi connectivity index (χ4n) is 1.95. The lowest BCUT2D eigenvalue weighted by atomic mass is 10.1. The molecule has 0 fully saturated rings. The van der Waals surface area contributed by atoms with Crippen molar-refractivity contribution in [1.82, 2.24) is 5.32 Å². The van der Waals surface area contributed by atoms with Gasteiger partial charge in [0.1, 0.15) is 5.75 Å². The van der Waals surface area contributed by atoms with Crippen LogP contribution in [-0.4, -0.2) is 12.0 Å². The third-order valence-electron chi connectivity index (χ3n) is 2.84. The molecule has 3 nitrogen and oxygen atoms in total. The van der Waals surface area contributed by atoms with Crippen LogP contribution in [0.15, 0.2) is 41.8 Å². The van der Waals surface area contributed by atoms with Gasteiger partial charge in [-0.15, -0.1) is 11.3 Å². The number of ether oxygens (including phenoxy) is 1. The van der Waals surface area contributed by atoms with Crippen LogP contribution in [0.25, 0.3) is 0 Å². The lowest BCUT2D eigenvalue weighted by Crippen LogP contribution is -2.26. The van der Waals surface area contributed by atoms with E-state index < -0.39 is 0 Å². The smallest absolute Gasteiger partial charge is 0.261 e. The van der Waals surface area contributed by atoms with Gasteiger partial charge in [0.15, 0.2) is 0 Å². The van der Waals surface area contributed by atoms with E-state index in [1.807, 2.05) is 62.5 Å². The first kappa shape index (κ1) is 14.6. The average Bonchev–Trinajstić information content (AvgIpc) is 2.92. The fraction of sp³-hybridized carbons (Fsp3) is 0.312. The number of hydrogen-bond donors (Lipinski definition) is 1. The Kier molecular flexibility index (Phi) is 4.79. The van der Waals surface area contributed by atoms with Crippen molar-refractivity contribution in [2.75, 3.05) is 0 Å². The summed E-state index contributed by atoms with van der Waals surface area (Å²) in [6, 6.07) is 11.4. The molecule has 0 bridgehead atoms. The Bertz CT molecular complexity index is 564. The molecule has 0 aliphatic heterocycles. The molecule has 2 aromatic rings. The topological polar surface area (TPSA) is 38.3 Å². The van der Waals surface area contributed by atoms with E-state index in [2.05, 4.69) is 5.32 Å². The first-order valence-corrected chi connectivity index (χ1v) is 7.56. The lowest BCUT2D eigenvalue weighted by molar-refractivity contribution is 0.0943. The van der Waals surface area contributed by atoms with Crippen LogP contribution in [0.4, 0.5) is 0 Å². The molecular weight excluding hydrogens is 270 g/mol. The van der Waals surface area contributed by atoms with E-state index in [-0.39, 0.29) is 18.1 Å². The molecule has 1 aromatic carbocycles. The lowest BCUT2D eigenvalue weighted by Gasteiger charge is -2.19. The summed E-state index contributed by atoms with van der Waals surface area (Å²) in [6.07, 6.45) is 0.108. The summed E-state index contributed by atoms with van der Waals surface area (Å²) in [7, 11) is 0. The first-order chi connectivity index (χ1) is 9.58. The third-order valence-corrected chi connectivity index (χ3v) is 3.71. The van der Waals surface area contributed by atoms with Crippen molar-refractivity contribution in [1.29, 1.82) is 0 Å². The summed E-state index contributed by atoms with van der Waals surface area (Å²) < 4.78 is 5.79. The SMILES string of the molecule is CC(C)Oc1ccccc1[C@@H](C)NC(=O)c1cccs1. The number of benzene rings is 1. The first-order valence-electron chi connectivity index (χ1n) is 6.68. The van der Waals surface area contributed by atoms with Crippen LogP contribution >= 0.6 is 11.3 Å². The predicted molar refractivity (Wildman–Crippen MR) is 82.4 cm³/mol. The highest BCUT2D eigenvalue weighted by atomic mass is 32.1. The Balaban J connectivity index is 2.13. The molecule has 0 saturated carbocycles. The number of carbonyl (C=O) groups is 1. The number of hydrogen-bond acceptors (Lipinski definition) is 3. The van der Waals surface area contributed by atoms with E-state index in [0.29, 0.717) is 0 Å². The molecule has 4 heteroatoms. The molecular formula is C16H19NO2S. The molecule has 1 heterocycles. The normalized spacial score (nSPS) is 12.2. The number of thiophene rings is 1.